The quantitative estimate of drug-likeness (QED) is 0.889. The molecule has 1 aromatic carbocycles. The number of nitrogens with two attached hydrogens (primary N) is 1. The van der Waals surface area contributed by atoms with Crippen molar-refractivity contribution in [1.29, 1.82) is 0 Å². The summed E-state index contributed by atoms with van der Waals surface area (Å²) in [5, 5.41) is 0. The maximum Gasteiger partial charge on any atom is 0.0680 e. The van der Waals surface area contributed by atoms with Crippen LogP contribution in [0.15, 0.2) is 48.7 Å². The van der Waals surface area contributed by atoms with Gasteiger partial charge < -0.3 is 5.73 Å². The molecule has 0 amide bonds. The fourth-order valence-corrected chi connectivity index (χ4v) is 2.32. The molecular formula is C16H20N2. The molecule has 1 aromatic heterocycles. The molecule has 2 nitrogen and oxygen atoms in total. The van der Waals surface area contributed by atoms with Crippen molar-refractivity contribution in [2.24, 2.45) is 5.73 Å². The lowest BCUT2D eigenvalue weighted by Crippen LogP contribution is -2.37. The van der Waals surface area contributed by atoms with Gasteiger partial charge in [-0.1, -0.05) is 49.7 Å². The fraction of sp³-hybridized carbons (Fsp3) is 0.312. The third kappa shape index (κ3) is 2.44. The molecule has 1 unspecified atom stereocenters. The SMILES string of the molecule is CCCC(N)(c1ccccc1)c1ccc(C)nc1. The van der Waals surface area contributed by atoms with Crippen molar-refractivity contribution in [3.8, 4) is 0 Å². The zero-order valence-corrected chi connectivity index (χ0v) is 11.1. The maximum atomic E-state index is 6.66. The summed E-state index contributed by atoms with van der Waals surface area (Å²) >= 11 is 0. The van der Waals surface area contributed by atoms with E-state index in [1.807, 2.05) is 37.4 Å². The summed E-state index contributed by atoms with van der Waals surface area (Å²) in [6, 6.07) is 14.4. The van der Waals surface area contributed by atoms with E-state index in [2.05, 4.69) is 30.1 Å². The predicted molar refractivity (Wildman–Crippen MR) is 75.3 cm³/mol. The number of hydrogen-bond acceptors (Lipinski definition) is 2. The second-order valence-corrected chi connectivity index (χ2v) is 4.78. The van der Waals surface area contributed by atoms with Gasteiger partial charge >= 0.3 is 0 Å². The first-order valence-corrected chi connectivity index (χ1v) is 6.44. The van der Waals surface area contributed by atoms with Gasteiger partial charge in [-0.3, -0.25) is 4.98 Å². The van der Waals surface area contributed by atoms with E-state index in [1.165, 1.54) is 0 Å². The van der Waals surface area contributed by atoms with Crippen LogP contribution in [0.2, 0.25) is 0 Å². The van der Waals surface area contributed by atoms with Crippen molar-refractivity contribution in [2.75, 3.05) is 0 Å². The van der Waals surface area contributed by atoms with E-state index in [4.69, 9.17) is 5.73 Å². The third-order valence-electron chi connectivity index (χ3n) is 3.36. The first-order chi connectivity index (χ1) is 8.66. The largest absolute Gasteiger partial charge is 0.318 e. The van der Waals surface area contributed by atoms with Crippen molar-refractivity contribution in [1.82, 2.24) is 4.98 Å². The number of hydrogen-bond donors (Lipinski definition) is 1. The third-order valence-corrected chi connectivity index (χ3v) is 3.36. The molecule has 0 radical (unpaired) electrons. The van der Waals surface area contributed by atoms with E-state index in [0.29, 0.717) is 0 Å². The highest BCUT2D eigenvalue weighted by molar-refractivity contribution is 5.36. The van der Waals surface area contributed by atoms with Crippen molar-refractivity contribution in [2.45, 2.75) is 32.2 Å². The highest BCUT2D eigenvalue weighted by Gasteiger charge is 2.28. The molecule has 0 aliphatic heterocycles. The molecular weight excluding hydrogens is 220 g/mol. The van der Waals surface area contributed by atoms with Crippen LogP contribution in [-0.2, 0) is 5.54 Å². The van der Waals surface area contributed by atoms with Gasteiger partial charge in [-0.25, -0.2) is 0 Å². The summed E-state index contributed by atoms with van der Waals surface area (Å²) in [5.74, 6) is 0. The van der Waals surface area contributed by atoms with Gasteiger partial charge in [0.25, 0.3) is 0 Å². The Labute approximate surface area is 109 Å². The first-order valence-electron chi connectivity index (χ1n) is 6.44. The molecule has 0 spiro atoms. The van der Waals surface area contributed by atoms with Gasteiger partial charge in [-0.05, 0) is 30.5 Å². The van der Waals surface area contributed by atoms with Gasteiger partial charge in [0.1, 0.15) is 0 Å². The average Bonchev–Trinajstić information content (AvgIpc) is 2.40. The number of benzene rings is 1. The van der Waals surface area contributed by atoms with Crippen LogP contribution < -0.4 is 5.73 Å². The highest BCUT2D eigenvalue weighted by atomic mass is 14.8. The lowest BCUT2D eigenvalue weighted by Gasteiger charge is -2.30. The second-order valence-electron chi connectivity index (χ2n) is 4.78. The van der Waals surface area contributed by atoms with Gasteiger partial charge in [-0.15, -0.1) is 0 Å². The Kier molecular flexibility index (Phi) is 3.78. The fourth-order valence-electron chi connectivity index (χ4n) is 2.32. The van der Waals surface area contributed by atoms with Gasteiger partial charge in [0.15, 0.2) is 0 Å². The summed E-state index contributed by atoms with van der Waals surface area (Å²) < 4.78 is 0. The van der Waals surface area contributed by atoms with Crippen LogP contribution in [0.1, 0.15) is 36.6 Å². The minimum atomic E-state index is -0.434. The lowest BCUT2D eigenvalue weighted by molar-refractivity contribution is 0.483. The van der Waals surface area contributed by atoms with Crippen LogP contribution in [-0.4, -0.2) is 4.98 Å². The highest BCUT2D eigenvalue weighted by Crippen LogP contribution is 2.31. The monoisotopic (exact) mass is 240 g/mol. The molecule has 0 fully saturated rings. The summed E-state index contributed by atoms with van der Waals surface area (Å²) in [5.41, 5.74) is 9.48. The van der Waals surface area contributed by atoms with Gasteiger partial charge in [0.05, 0.1) is 5.54 Å². The molecule has 2 rings (SSSR count). The van der Waals surface area contributed by atoms with E-state index in [-0.39, 0.29) is 0 Å². The van der Waals surface area contributed by atoms with E-state index in [9.17, 15) is 0 Å². The maximum absolute atomic E-state index is 6.66. The zero-order chi connectivity index (χ0) is 13.0. The Morgan fingerprint density at radius 2 is 1.78 bits per heavy atom. The Bertz CT molecular complexity index is 490. The van der Waals surface area contributed by atoms with Crippen LogP contribution in [0.25, 0.3) is 0 Å². The average molecular weight is 240 g/mol. The van der Waals surface area contributed by atoms with Gasteiger partial charge in [-0.2, -0.15) is 0 Å². The standard InChI is InChI=1S/C16H20N2/c1-3-11-16(17,14-7-5-4-6-8-14)15-10-9-13(2)18-12-15/h4-10,12H,3,11,17H2,1-2H3. The smallest absolute Gasteiger partial charge is 0.0680 e. The van der Waals surface area contributed by atoms with Crippen LogP contribution in [0.4, 0.5) is 0 Å². The summed E-state index contributed by atoms with van der Waals surface area (Å²) in [4.78, 5) is 4.37. The molecule has 94 valence electrons. The van der Waals surface area contributed by atoms with E-state index < -0.39 is 5.54 Å². The van der Waals surface area contributed by atoms with Gasteiger partial charge in [0.2, 0.25) is 0 Å². The van der Waals surface area contributed by atoms with Crippen LogP contribution in [0, 0.1) is 6.92 Å². The van der Waals surface area contributed by atoms with Crippen molar-refractivity contribution in [3.05, 3.63) is 65.5 Å². The van der Waals surface area contributed by atoms with Crippen LogP contribution in [0.3, 0.4) is 0 Å². The Morgan fingerprint density at radius 3 is 2.33 bits per heavy atom. The minimum absolute atomic E-state index is 0.434. The molecule has 0 saturated heterocycles. The lowest BCUT2D eigenvalue weighted by atomic mass is 9.81. The van der Waals surface area contributed by atoms with Crippen molar-refractivity contribution in [3.63, 3.8) is 0 Å². The molecule has 1 atom stereocenters. The Hall–Kier alpha value is -1.67. The molecule has 18 heavy (non-hydrogen) atoms. The van der Waals surface area contributed by atoms with Crippen molar-refractivity contribution < 1.29 is 0 Å². The number of pyridine rings is 1. The van der Waals surface area contributed by atoms with E-state index in [0.717, 1.165) is 29.7 Å². The normalized spacial score (nSPS) is 14.2. The first kappa shape index (κ1) is 12.8. The number of nitrogens with zero attached hydrogens (tertiary/aromatic N) is 1. The topological polar surface area (TPSA) is 38.9 Å². The summed E-state index contributed by atoms with van der Waals surface area (Å²) in [7, 11) is 0. The van der Waals surface area contributed by atoms with Gasteiger partial charge in [0, 0.05) is 11.9 Å². The molecule has 2 N–H and O–H groups in total. The summed E-state index contributed by atoms with van der Waals surface area (Å²) in [6.45, 7) is 4.15. The molecule has 1 heterocycles. The van der Waals surface area contributed by atoms with Crippen LogP contribution in [0.5, 0.6) is 0 Å². The van der Waals surface area contributed by atoms with E-state index >= 15 is 0 Å². The zero-order valence-electron chi connectivity index (χ0n) is 11.1. The second kappa shape index (κ2) is 5.32. The Balaban J connectivity index is 2.47. The molecule has 0 saturated carbocycles. The molecule has 0 bridgehead atoms. The molecule has 0 aliphatic rings. The van der Waals surface area contributed by atoms with E-state index in [1.54, 1.807) is 0 Å². The van der Waals surface area contributed by atoms with Crippen LogP contribution >= 0.6 is 0 Å². The molecule has 2 heteroatoms. The molecule has 2 aromatic rings. The number of aryl methyl sites for hydroxylation is 1. The minimum Gasteiger partial charge on any atom is -0.318 e. The number of rotatable bonds is 4. The number of aromatic nitrogens is 1. The van der Waals surface area contributed by atoms with Crippen molar-refractivity contribution >= 4 is 0 Å². The predicted octanol–water partition coefficient (Wildman–Crippen LogP) is 3.39. The molecule has 0 aliphatic carbocycles. The Morgan fingerprint density at radius 1 is 1.06 bits per heavy atom. The summed E-state index contributed by atoms with van der Waals surface area (Å²) in [6.07, 6.45) is 3.86.